The number of non-ortho nitro benzene ring substituents is 1. The molecule has 0 aliphatic heterocycles. The number of hydrogen-bond donors (Lipinski definition) is 1. The minimum absolute atomic E-state index is 0.0253. The highest BCUT2D eigenvalue weighted by Gasteiger charge is 2.11. The molecule has 2 rings (SSSR count). The summed E-state index contributed by atoms with van der Waals surface area (Å²) in [5.41, 5.74) is 6.94. The fourth-order valence-corrected chi connectivity index (χ4v) is 2.18. The van der Waals surface area contributed by atoms with Crippen LogP contribution in [0.5, 0.6) is 5.75 Å². The second-order valence-corrected chi connectivity index (χ2v) is 5.15. The van der Waals surface area contributed by atoms with Crippen molar-refractivity contribution in [2.75, 3.05) is 6.61 Å². The second-order valence-electron chi connectivity index (χ2n) is 4.23. The summed E-state index contributed by atoms with van der Waals surface area (Å²) >= 11 is 3.22. The van der Waals surface area contributed by atoms with Gasteiger partial charge in [0, 0.05) is 10.5 Å². The van der Waals surface area contributed by atoms with E-state index in [4.69, 9.17) is 10.5 Å². The molecule has 0 fully saturated rings. The molecule has 0 radical (unpaired) electrons. The number of hydrogen-bond acceptors (Lipinski definition) is 4. The zero-order valence-electron chi connectivity index (χ0n) is 10.5. The highest BCUT2D eigenvalue weighted by Crippen LogP contribution is 2.26. The van der Waals surface area contributed by atoms with E-state index >= 15 is 0 Å². The minimum Gasteiger partial charge on any atom is -0.491 e. The van der Waals surface area contributed by atoms with Gasteiger partial charge in [0.05, 0.1) is 17.0 Å². The summed E-state index contributed by atoms with van der Waals surface area (Å²) in [5.74, 6) is 0.414. The SMILES string of the molecule is NC(COc1cc(Br)cc([N+](=O)[O-])c1)c1ccccc1. The Morgan fingerprint density at radius 1 is 1.25 bits per heavy atom. The maximum atomic E-state index is 10.8. The fraction of sp³-hybridized carbons (Fsp3) is 0.143. The van der Waals surface area contributed by atoms with Crippen molar-refractivity contribution in [3.8, 4) is 5.75 Å². The lowest BCUT2D eigenvalue weighted by molar-refractivity contribution is -0.385. The van der Waals surface area contributed by atoms with Gasteiger partial charge in [-0.25, -0.2) is 0 Å². The maximum absolute atomic E-state index is 10.8. The summed E-state index contributed by atoms with van der Waals surface area (Å²) < 4.78 is 6.13. The molecule has 0 spiro atoms. The molecule has 1 atom stereocenters. The molecule has 1 unspecified atom stereocenters. The van der Waals surface area contributed by atoms with Gasteiger partial charge < -0.3 is 10.5 Å². The third-order valence-electron chi connectivity index (χ3n) is 2.72. The quantitative estimate of drug-likeness (QED) is 0.670. The first-order valence-electron chi connectivity index (χ1n) is 5.94. The van der Waals surface area contributed by atoms with Crippen molar-refractivity contribution < 1.29 is 9.66 Å². The Labute approximate surface area is 124 Å². The number of nitro benzene ring substituents is 1. The molecule has 0 bridgehead atoms. The van der Waals surface area contributed by atoms with E-state index in [1.54, 1.807) is 6.07 Å². The second kappa shape index (κ2) is 6.49. The number of halogens is 1. The Kier molecular flexibility index (Phi) is 4.70. The normalized spacial score (nSPS) is 11.9. The highest BCUT2D eigenvalue weighted by molar-refractivity contribution is 9.10. The topological polar surface area (TPSA) is 78.4 Å². The highest BCUT2D eigenvalue weighted by atomic mass is 79.9. The van der Waals surface area contributed by atoms with Crippen LogP contribution in [0.4, 0.5) is 5.69 Å². The average Bonchev–Trinajstić information content (AvgIpc) is 2.45. The Bertz CT molecular complexity index is 605. The minimum atomic E-state index is -0.464. The first-order chi connectivity index (χ1) is 9.56. The van der Waals surface area contributed by atoms with Gasteiger partial charge in [0.25, 0.3) is 5.69 Å². The van der Waals surface area contributed by atoms with E-state index in [-0.39, 0.29) is 18.3 Å². The van der Waals surface area contributed by atoms with Crippen molar-refractivity contribution in [1.82, 2.24) is 0 Å². The molecule has 0 aromatic heterocycles. The van der Waals surface area contributed by atoms with Gasteiger partial charge in [0.15, 0.2) is 0 Å². The molecule has 0 amide bonds. The molecule has 2 N–H and O–H groups in total. The van der Waals surface area contributed by atoms with Crippen molar-refractivity contribution in [3.05, 3.63) is 68.7 Å². The molecule has 0 saturated carbocycles. The van der Waals surface area contributed by atoms with Gasteiger partial charge in [0.2, 0.25) is 0 Å². The number of benzene rings is 2. The summed E-state index contributed by atoms with van der Waals surface area (Å²) in [6.07, 6.45) is 0. The Balaban J connectivity index is 2.06. The van der Waals surface area contributed by atoms with Crippen LogP contribution in [0.1, 0.15) is 11.6 Å². The molecule has 6 heteroatoms. The monoisotopic (exact) mass is 336 g/mol. The molecule has 2 aromatic carbocycles. The van der Waals surface area contributed by atoms with Crippen LogP contribution in [0.25, 0.3) is 0 Å². The summed E-state index contributed by atoms with van der Waals surface area (Å²) in [6, 6.07) is 13.7. The Morgan fingerprint density at radius 3 is 2.60 bits per heavy atom. The molecule has 2 aromatic rings. The van der Waals surface area contributed by atoms with Gasteiger partial charge in [-0.05, 0) is 11.6 Å². The summed E-state index contributed by atoms with van der Waals surface area (Å²) in [6.45, 7) is 0.248. The van der Waals surface area contributed by atoms with Crippen molar-refractivity contribution in [1.29, 1.82) is 0 Å². The first-order valence-corrected chi connectivity index (χ1v) is 6.74. The summed E-state index contributed by atoms with van der Waals surface area (Å²) in [5, 5.41) is 10.8. The van der Waals surface area contributed by atoms with E-state index < -0.39 is 4.92 Å². The molecule has 104 valence electrons. The lowest BCUT2D eigenvalue weighted by Crippen LogP contribution is -2.18. The molecule has 0 heterocycles. The van der Waals surface area contributed by atoms with Crippen molar-refractivity contribution >= 4 is 21.6 Å². The molecular weight excluding hydrogens is 324 g/mol. The zero-order valence-corrected chi connectivity index (χ0v) is 12.1. The lowest BCUT2D eigenvalue weighted by Gasteiger charge is -2.13. The van der Waals surface area contributed by atoms with E-state index in [0.29, 0.717) is 10.2 Å². The molecule has 0 saturated heterocycles. The molecular formula is C14H13BrN2O3. The number of ether oxygens (including phenoxy) is 1. The van der Waals surface area contributed by atoms with E-state index in [9.17, 15) is 10.1 Å². The average molecular weight is 337 g/mol. The molecule has 0 aliphatic carbocycles. The number of nitrogens with two attached hydrogens (primary N) is 1. The van der Waals surface area contributed by atoms with Crippen LogP contribution in [0, 0.1) is 10.1 Å². The molecule has 20 heavy (non-hydrogen) atoms. The first kappa shape index (κ1) is 14.5. The van der Waals surface area contributed by atoms with Crippen LogP contribution < -0.4 is 10.5 Å². The van der Waals surface area contributed by atoms with E-state index in [1.807, 2.05) is 30.3 Å². The van der Waals surface area contributed by atoms with Gasteiger partial charge in [-0.15, -0.1) is 0 Å². The van der Waals surface area contributed by atoms with Crippen LogP contribution >= 0.6 is 15.9 Å². The maximum Gasteiger partial charge on any atom is 0.274 e. The third-order valence-corrected chi connectivity index (χ3v) is 3.18. The summed E-state index contributed by atoms with van der Waals surface area (Å²) in [7, 11) is 0. The predicted molar refractivity (Wildman–Crippen MR) is 79.7 cm³/mol. The molecule has 0 aliphatic rings. The van der Waals surface area contributed by atoms with Gasteiger partial charge in [-0.2, -0.15) is 0 Å². The standard InChI is InChI=1S/C14H13BrN2O3/c15-11-6-12(17(18)19)8-13(7-11)20-9-14(16)10-4-2-1-3-5-10/h1-8,14H,9,16H2. The largest absolute Gasteiger partial charge is 0.491 e. The van der Waals surface area contributed by atoms with Crippen LogP contribution in [0.15, 0.2) is 53.0 Å². The Morgan fingerprint density at radius 2 is 1.95 bits per heavy atom. The Hall–Kier alpha value is -1.92. The van der Waals surface area contributed by atoms with E-state index in [1.165, 1.54) is 12.1 Å². The third kappa shape index (κ3) is 3.79. The molecule has 5 nitrogen and oxygen atoms in total. The number of nitro groups is 1. The number of rotatable bonds is 5. The van der Waals surface area contributed by atoms with Crippen molar-refractivity contribution in [2.24, 2.45) is 5.73 Å². The smallest absolute Gasteiger partial charge is 0.274 e. The van der Waals surface area contributed by atoms with Crippen molar-refractivity contribution in [2.45, 2.75) is 6.04 Å². The van der Waals surface area contributed by atoms with Gasteiger partial charge in [-0.3, -0.25) is 10.1 Å². The predicted octanol–water partition coefficient (Wildman–Crippen LogP) is 3.44. The fourth-order valence-electron chi connectivity index (χ4n) is 1.72. The lowest BCUT2D eigenvalue weighted by atomic mass is 10.1. The van der Waals surface area contributed by atoms with E-state index in [0.717, 1.165) is 5.56 Å². The van der Waals surface area contributed by atoms with Gasteiger partial charge >= 0.3 is 0 Å². The summed E-state index contributed by atoms with van der Waals surface area (Å²) in [4.78, 5) is 10.3. The van der Waals surface area contributed by atoms with E-state index in [2.05, 4.69) is 15.9 Å². The van der Waals surface area contributed by atoms with Crippen molar-refractivity contribution in [3.63, 3.8) is 0 Å². The van der Waals surface area contributed by atoms with Crippen LogP contribution in [-0.4, -0.2) is 11.5 Å². The number of nitrogens with zero attached hydrogens (tertiary/aromatic N) is 1. The zero-order chi connectivity index (χ0) is 14.5. The van der Waals surface area contributed by atoms with Crippen LogP contribution in [-0.2, 0) is 0 Å². The van der Waals surface area contributed by atoms with Gasteiger partial charge in [0.1, 0.15) is 12.4 Å². The van der Waals surface area contributed by atoms with Crippen LogP contribution in [0.3, 0.4) is 0 Å². The van der Waals surface area contributed by atoms with Crippen LogP contribution in [0.2, 0.25) is 0 Å². The van der Waals surface area contributed by atoms with Gasteiger partial charge in [-0.1, -0.05) is 46.3 Å².